The molecule has 0 bridgehead atoms. The van der Waals surface area contributed by atoms with Gasteiger partial charge in [0, 0.05) is 22.0 Å². The second kappa shape index (κ2) is 6.85. The largest absolute Gasteiger partial charge is 0.508 e. The van der Waals surface area contributed by atoms with Gasteiger partial charge in [0.05, 0.1) is 12.7 Å². The van der Waals surface area contributed by atoms with Crippen LogP contribution in [0.2, 0.25) is 5.02 Å². The molecule has 136 valence electrons. The van der Waals surface area contributed by atoms with Crippen LogP contribution < -0.4 is 15.0 Å². The number of hydrogen-bond donors (Lipinski definition) is 2. The van der Waals surface area contributed by atoms with Gasteiger partial charge in [-0.25, -0.2) is 0 Å². The molecule has 0 saturated heterocycles. The van der Waals surface area contributed by atoms with Crippen molar-refractivity contribution in [1.29, 1.82) is 0 Å². The lowest BCUT2D eigenvalue weighted by Crippen LogP contribution is -2.43. The first-order valence-corrected chi connectivity index (χ1v) is 8.78. The predicted molar refractivity (Wildman–Crippen MR) is 106 cm³/mol. The second-order valence-corrected chi connectivity index (χ2v) is 6.61. The van der Waals surface area contributed by atoms with Crippen molar-refractivity contribution in [1.82, 2.24) is 0 Å². The Morgan fingerprint density at radius 3 is 2.56 bits per heavy atom. The number of nitrogens with zero attached hydrogens (tertiary/aromatic N) is 1. The summed E-state index contributed by atoms with van der Waals surface area (Å²) in [5, 5.41) is 14.4. The Labute approximate surface area is 161 Å². The van der Waals surface area contributed by atoms with Gasteiger partial charge in [-0.2, -0.15) is 0 Å². The average molecular weight is 381 g/mol. The van der Waals surface area contributed by atoms with E-state index in [2.05, 4.69) is 5.32 Å². The number of nitrogens with one attached hydrogen (secondary N) is 1. The number of carbonyl (C=O) groups excluding carboxylic acids is 1. The lowest BCUT2D eigenvalue weighted by atomic mass is 10.0. The highest BCUT2D eigenvalue weighted by Gasteiger charge is 2.35. The van der Waals surface area contributed by atoms with Crippen LogP contribution in [-0.4, -0.2) is 18.1 Å². The molecule has 4 rings (SSSR count). The standard InChI is InChI=1S/C21H17ClN2O3/c1-27-15-10-11-19(25)17(12-15)20-23-18-5-3-2-4-16(18)21(26)24(20)14-8-6-13(22)7-9-14/h2-12,20,23,25H,1H3/t20-/m1/s1. The van der Waals surface area contributed by atoms with Crippen LogP contribution in [0.15, 0.2) is 66.7 Å². The predicted octanol–water partition coefficient (Wildman–Crippen LogP) is 4.83. The summed E-state index contributed by atoms with van der Waals surface area (Å²) in [4.78, 5) is 14.9. The van der Waals surface area contributed by atoms with Crippen LogP contribution in [0, 0.1) is 0 Å². The molecule has 6 heteroatoms. The fourth-order valence-electron chi connectivity index (χ4n) is 3.22. The van der Waals surface area contributed by atoms with Gasteiger partial charge in [0.15, 0.2) is 0 Å². The molecule has 5 nitrogen and oxygen atoms in total. The van der Waals surface area contributed by atoms with Gasteiger partial charge >= 0.3 is 0 Å². The van der Waals surface area contributed by atoms with Gasteiger partial charge in [-0.3, -0.25) is 9.69 Å². The Balaban J connectivity index is 1.89. The molecule has 0 fully saturated rings. The molecule has 1 amide bonds. The zero-order valence-corrected chi connectivity index (χ0v) is 15.3. The van der Waals surface area contributed by atoms with Crippen molar-refractivity contribution in [3.05, 3.63) is 82.9 Å². The Kier molecular flexibility index (Phi) is 4.38. The highest BCUT2D eigenvalue weighted by atomic mass is 35.5. The summed E-state index contributed by atoms with van der Waals surface area (Å²) in [6.45, 7) is 0. The molecule has 0 unspecified atom stereocenters. The first-order valence-electron chi connectivity index (χ1n) is 8.40. The smallest absolute Gasteiger partial charge is 0.262 e. The normalized spacial score (nSPS) is 15.9. The third-order valence-electron chi connectivity index (χ3n) is 4.56. The summed E-state index contributed by atoms with van der Waals surface area (Å²) in [6, 6.07) is 19.3. The molecule has 1 aliphatic rings. The number of benzene rings is 3. The number of amides is 1. The molecule has 1 aliphatic heterocycles. The first kappa shape index (κ1) is 17.2. The van der Waals surface area contributed by atoms with Crippen LogP contribution in [0.25, 0.3) is 0 Å². The summed E-state index contributed by atoms with van der Waals surface area (Å²) in [6.07, 6.45) is -0.608. The number of carbonyl (C=O) groups is 1. The highest BCUT2D eigenvalue weighted by Crippen LogP contribution is 2.40. The van der Waals surface area contributed by atoms with Gasteiger partial charge in [-0.15, -0.1) is 0 Å². The number of hydrogen-bond acceptors (Lipinski definition) is 4. The average Bonchev–Trinajstić information content (AvgIpc) is 2.69. The van der Waals surface area contributed by atoms with Crippen LogP contribution in [0.3, 0.4) is 0 Å². The number of halogens is 1. The molecule has 3 aromatic rings. The Hall–Kier alpha value is -3.18. The van der Waals surface area contributed by atoms with E-state index in [1.807, 2.05) is 18.2 Å². The Morgan fingerprint density at radius 1 is 1.07 bits per heavy atom. The van der Waals surface area contributed by atoms with E-state index in [9.17, 15) is 9.90 Å². The molecule has 1 atom stereocenters. The molecular formula is C21H17ClN2O3. The summed E-state index contributed by atoms with van der Waals surface area (Å²) in [5.41, 5.74) is 2.47. The number of ether oxygens (including phenoxy) is 1. The Morgan fingerprint density at radius 2 is 1.81 bits per heavy atom. The maximum atomic E-state index is 13.3. The number of phenolic OH excluding ortho intramolecular Hbond substituents is 1. The number of phenols is 1. The second-order valence-electron chi connectivity index (χ2n) is 6.17. The van der Waals surface area contributed by atoms with Gasteiger partial charge in [0.25, 0.3) is 5.91 Å². The number of rotatable bonds is 3. The zero-order valence-electron chi connectivity index (χ0n) is 14.5. The lowest BCUT2D eigenvalue weighted by Gasteiger charge is -2.38. The van der Waals surface area contributed by atoms with Crippen LogP contribution in [0.4, 0.5) is 11.4 Å². The summed E-state index contributed by atoms with van der Waals surface area (Å²) >= 11 is 6.01. The quantitative estimate of drug-likeness (QED) is 0.683. The van der Waals surface area contributed by atoms with Crippen LogP contribution in [0.5, 0.6) is 11.5 Å². The van der Waals surface area contributed by atoms with E-state index in [0.717, 1.165) is 0 Å². The maximum Gasteiger partial charge on any atom is 0.262 e. The third kappa shape index (κ3) is 3.06. The van der Waals surface area contributed by atoms with Gasteiger partial charge in [0.2, 0.25) is 0 Å². The van der Waals surface area contributed by atoms with E-state index in [1.165, 1.54) is 0 Å². The monoisotopic (exact) mass is 380 g/mol. The highest BCUT2D eigenvalue weighted by molar-refractivity contribution is 6.30. The van der Waals surface area contributed by atoms with E-state index < -0.39 is 6.17 Å². The molecule has 3 aromatic carbocycles. The minimum atomic E-state index is -0.608. The number of anilines is 2. The molecular weight excluding hydrogens is 364 g/mol. The van der Waals surface area contributed by atoms with Gasteiger partial charge in [-0.05, 0) is 54.6 Å². The molecule has 27 heavy (non-hydrogen) atoms. The summed E-state index contributed by atoms with van der Waals surface area (Å²) in [5.74, 6) is 0.491. The Bertz CT molecular complexity index is 1000. The molecule has 0 spiro atoms. The van der Waals surface area contributed by atoms with Crippen molar-refractivity contribution in [3.63, 3.8) is 0 Å². The van der Waals surface area contributed by atoms with Crippen molar-refractivity contribution in [2.45, 2.75) is 6.17 Å². The number of fused-ring (bicyclic) bond motifs is 1. The zero-order chi connectivity index (χ0) is 19.0. The van der Waals surface area contributed by atoms with Crippen molar-refractivity contribution < 1.29 is 14.6 Å². The van der Waals surface area contributed by atoms with E-state index in [-0.39, 0.29) is 11.7 Å². The van der Waals surface area contributed by atoms with Gasteiger partial charge < -0.3 is 15.2 Å². The lowest BCUT2D eigenvalue weighted by molar-refractivity contribution is 0.0974. The van der Waals surface area contributed by atoms with Gasteiger partial charge in [0.1, 0.15) is 17.7 Å². The van der Waals surface area contributed by atoms with Gasteiger partial charge in [-0.1, -0.05) is 23.7 Å². The fraction of sp³-hybridized carbons (Fsp3) is 0.0952. The van der Waals surface area contributed by atoms with Crippen molar-refractivity contribution in [3.8, 4) is 11.5 Å². The molecule has 2 N–H and O–H groups in total. The number of para-hydroxylation sites is 1. The minimum Gasteiger partial charge on any atom is -0.508 e. The van der Waals surface area contributed by atoms with Crippen LogP contribution in [0.1, 0.15) is 22.1 Å². The van der Waals surface area contributed by atoms with Crippen LogP contribution in [-0.2, 0) is 0 Å². The summed E-state index contributed by atoms with van der Waals surface area (Å²) in [7, 11) is 1.56. The molecule has 0 aliphatic carbocycles. The third-order valence-corrected chi connectivity index (χ3v) is 4.81. The SMILES string of the molecule is COc1ccc(O)c([C@@H]2Nc3ccccc3C(=O)N2c2ccc(Cl)cc2)c1. The number of aromatic hydroxyl groups is 1. The van der Waals surface area contributed by atoms with Crippen molar-refractivity contribution >= 4 is 28.9 Å². The fourth-order valence-corrected chi connectivity index (χ4v) is 3.34. The van der Waals surface area contributed by atoms with Crippen molar-refractivity contribution in [2.75, 3.05) is 17.3 Å². The molecule has 0 radical (unpaired) electrons. The maximum absolute atomic E-state index is 13.3. The summed E-state index contributed by atoms with van der Waals surface area (Å²) < 4.78 is 5.29. The van der Waals surface area contributed by atoms with E-state index in [4.69, 9.17) is 16.3 Å². The van der Waals surface area contributed by atoms with E-state index in [0.29, 0.717) is 33.3 Å². The molecule has 0 aromatic heterocycles. The molecule has 0 saturated carbocycles. The van der Waals surface area contributed by atoms with E-state index >= 15 is 0 Å². The minimum absolute atomic E-state index is 0.0689. The van der Waals surface area contributed by atoms with Crippen molar-refractivity contribution in [2.24, 2.45) is 0 Å². The first-order chi connectivity index (χ1) is 13.1. The van der Waals surface area contributed by atoms with Crippen LogP contribution >= 0.6 is 11.6 Å². The topological polar surface area (TPSA) is 61.8 Å². The number of methoxy groups -OCH3 is 1. The van der Waals surface area contributed by atoms with E-state index in [1.54, 1.807) is 60.5 Å². The molecule has 1 heterocycles.